The van der Waals surface area contributed by atoms with Crippen LogP contribution in [0, 0.1) is 11.8 Å². The van der Waals surface area contributed by atoms with Crippen molar-refractivity contribution in [3.05, 3.63) is 17.8 Å². The molecule has 0 bridgehead atoms. The summed E-state index contributed by atoms with van der Waals surface area (Å²) >= 11 is 0. The van der Waals surface area contributed by atoms with Crippen molar-refractivity contribution < 1.29 is 9.90 Å². The number of nitrogen functional groups attached to an aromatic ring is 1. The molecule has 1 atom stereocenters. The van der Waals surface area contributed by atoms with Crippen LogP contribution in [-0.2, 0) is 0 Å². The van der Waals surface area contributed by atoms with Gasteiger partial charge in [-0.3, -0.25) is 0 Å². The highest BCUT2D eigenvalue weighted by Crippen LogP contribution is 2.36. The zero-order valence-corrected chi connectivity index (χ0v) is 9.81. The largest absolute Gasteiger partial charge is 0.478 e. The minimum atomic E-state index is -1.02. The molecule has 0 radical (unpaired) electrons. The summed E-state index contributed by atoms with van der Waals surface area (Å²) in [7, 11) is 0. The first kappa shape index (κ1) is 11.7. The van der Waals surface area contributed by atoms with Crippen molar-refractivity contribution in [2.24, 2.45) is 11.8 Å². The first-order valence-electron chi connectivity index (χ1n) is 5.81. The molecule has 4 N–H and O–H groups in total. The molecule has 1 aromatic rings. The smallest absolute Gasteiger partial charge is 0.337 e. The van der Waals surface area contributed by atoms with Crippen LogP contribution in [0.1, 0.15) is 30.1 Å². The van der Waals surface area contributed by atoms with Gasteiger partial charge in [0.15, 0.2) is 0 Å². The SMILES string of the molecule is CC(CNc1nccc(C(=O)O)c1N)C1CC1. The van der Waals surface area contributed by atoms with E-state index in [2.05, 4.69) is 17.2 Å². The second-order valence-electron chi connectivity index (χ2n) is 4.62. The van der Waals surface area contributed by atoms with Gasteiger partial charge in [-0.05, 0) is 30.7 Å². The van der Waals surface area contributed by atoms with Crippen LogP contribution in [0.3, 0.4) is 0 Å². The number of anilines is 2. The molecule has 0 spiro atoms. The third-order valence-corrected chi connectivity index (χ3v) is 3.24. The van der Waals surface area contributed by atoms with Gasteiger partial charge in [-0.1, -0.05) is 6.92 Å². The van der Waals surface area contributed by atoms with Crippen molar-refractivity contribution in [2.75, 3.05) is 17.6 Å². The minimum Gasteiger partial charge on any atom is -0.478 e. The molecule has 17 heavy (non-hydrogen) atoms. The van der Waals surface area contributed by atoms with Crippen molar-refractivity contribution in [3.8, 4) is 0 Å². The molecule has 0 saturated heterocycles. The van der Waals surface area contributed by atoms with Gasteiger partial charge in [-0.25, -0.2) is 9.78 Å². The lowest BCUT2D eigenvalue weighted by molar-refractivity contribution is 0.0698. The zero-order chi connectivity index (χ0) is 12.4. The van der Waals surface area contributed by atoms with Crippen LogP contribution in [0.2, 0.25) is 0 Å². The second kappa shape index (κ2) is 4.61. The molecule has 5 nitrogen and oxygen atoms in total. The van der Waals surface area contributed by atoms with Crippen LogP contribution in [0.15, 0.2) is 12.3 Å². The predicted octanol–water partition coefficient (Wildman–Crippen LogP) is 1.82. The third kappa shape index (κ3) is 2.67. The molecule has 1 fully saturated rings. The fourth-order valence-electron chi connectivity index (χ4n) is 1.89. The number of aromatic carboxylic acids is 1. The van der Waals surface area contributed by atoms with Gasteiger partial charge in [0.25, 0.3) is 0 Å². The number of hydrogen-bond acceptors (Lipinski definition) is 4. The molecule has 5 heteroatoms. The summed E-state index contributed by atoms with van der Waals surface area (Å²) in [5, 5.41) is 12.1. The summed E-state index contributed by atoms with van der Waals surface area (Å²) in [6.07, 6.45) is 4.05. The number of carboxylic acid groups (broad SMARTS) is 1. The Hall–Kier alpha value is -1.78. The second-order valence-corrected chi connectivity index (χ2v) is 4.62. The Morgan fingerprint density at radius 2 is 2.41 bits per heavy atom. The molecule has 1 aliphatic rings. The average Bonchev–Trinajstić information content (AvgIpc) is 3.10. The molecule has 0 amide bonds. The molecule has 1 heterocycles. The summed E-state index contributed by atoms with van der Waals surface area (Å²) in [6.45, 7) is 2.97. The number of nitrogens with one attached hydrogen (secondary N) is 1. The molecule has 1 aromatic heterocycles. The van der Waals surface area contributed by atoms with Gasteiger partial charge < -0.3 is 16.2 Å². The van der Waals surface area contributed by atoms with Crippen molar-refractivity contribution in [1.29, 1.82) is 0 Å². The molecular weight excluding hydrogens is 218 g/mol. The Balaban J connectivity index is 2.04. The molecule has 0 aliphatic heterocycles. The van der Waals surface area contributed by atoms with Crippen molar-refractivity contribution in [2.45, 2.75) is 19.8 Å². The van der Waals surface area contributed by atoms with Gasteiger partial charge >= 0.3 is 5.97 Å². The normalized spacial score (nSPS) is 16.5. The highest BCUT2D eigenvalue weighted by molar-refractivity contribution is 5.96. The minimum absolute atomic E-state index is 0.0987. The lowest BCUT2D eigenvalue weighted by Crippen LogP contribution is -2.16. The fourth-order valence-corrected chi connectivity index (χ4v) is 1.89. The Morgan fingerprint density at radius 3 is 3.00 bits per heavy atom. The third-order valence-electron chi connectivity index (χ3n) is 3.24. The van der Waals surface area contributed by atoms with E-state index in [1.807, 2.05) is 0 Å². The molecular formula is C12H17N3O2. The van der Waals surface area contributed by atoms with Gasteiger partial charge in [0.2, 0.25) is 0 Å². The number of hydrogen-bond donors (Lipinski definition) is 3. The predicted molar refractivity (Wildman–Crippen MR) is 66.0 cm³/mol. The van der Waals surface area contributed by atoms with E-state index in [4.69, 9.17) is 10.8 Å². The number of pyridine rings is 1. The lowest BCUT2D eigenvalue weighted by Gasteiger charge is -2.14. The van der Waals surface area contributed by atoms with Crippen molar-refractivity contribution >= 4 is 17.5 Å². The summed E-state index contributed by atoms with van der Waals surface area (Å²) in [4.78, 5) is 15.0. The Kier molecular flexibility index (Phi) is 3.17. The number of nitrogens with two attached hydrogens (primary N) is 1. The van der Waals surface area contributed by atoms with E-state index in [0.717, 1.165) is 12.5 Å². The van der Waals surface area contributed by atoms with Gasteiger partial charge in [-0.15, -0.1) is 0 Å². The number of aromatic nitrogens is 1. The summed E-state index contributed by atoms with van der Waals surface area (Å²) < 4.78 is 0. The average molecular weight is 235 g/mol. The van der Waals surface area contributed by atoms with Crippen molar-refractivity contribution in [1.82, 2.24) is 4.98 Å². The first-order valence-corrected chi connectivity index (χ1v) is 5.81. The standard InChI is InChI=1S/C12H17N3O2/c1-7(8-2-3-8)6-15-11-10(13)9(12(16)17)4-5-14-11/h4-5,7-8H,2-3,6,13H2,1H3,(H,14,15)(H,16,17). The number of rotatable bonds is 5. The van der Waals surface area contributed by atoms with Crippen LogP contribution >= 0.6 is 0 Å². The van der Waals surface area contributed by atoms with Crippen LogP contribution in [0.25, 0.3) is 0 Å². The molecule has 1 saturated carbocycles. The van der Waals surface area contributed by atoms with Crippen LogP contribution in [0.4, 0.5) is 11.5 Å². The van der Waals surface area contributed by atoms with E-state index in [-0.39, 0.29) is 11.3 Å². The highest BCUT2D eigenvalue weighted by atomic mass is 16.4. The van der Waals surface area contributed by atoms with Crippen LogP contribution in [-0.4, -0.2) is 22.6 Å². The highest BCUT2D eigenvalue weighted by Gasteiger charge is 2.27. The lowest BCUT2D eigenvalue weighted by atomic mass is 10.1. The molecule has 1 aliphatic carbocycles. The van der Waals surface area contributed by atoms with E-state index in [0.29, 0.717) is 11.7 Å². The van der Waals surface area contributed by atoms with Crippen LogP contribution < -0.4 is 11.1 Å². The van der Waals surface area contributed by atoms with Crippen molar-refractivity contribution in [3.63, 3.8) is 0 Å². The fraction of sp³-hybridized carbons (Fsp3) is 0.500. The van der Waals surface area contributed by atoms with E-state index >= 15 is 0 Å². The Labute approximate surface area is 100 Å². The van der Waals surface area contributed by atoms with E-state index in [9.17, 15) is 4.79 Å². The van der Waals surface area contributed by atoms with Gasteiger partial charge in [-0.2, -0.15) is 0 Å². The Bertz CT molecular complexity index is 430. The van der Waals surface area contributed by atoms with Crippen LogP contribution in [0.5, 0.6) is 0 Å². The van der Waals surface area contributed by atoms with E-state index in [1.54, 1.807) is 0 Å². The monoisotopic (exact) mass is 235 g/mol. The van der Waals surface area contributed by atoms with E-state index < -0.39 is 5.97 Å². The maximum Gasteiger partial charge on any atom is 0.337 e. The van der Waals surface area contributed by atoms with Gasteiger partial charge in [0.05, 0.1) is 11.3 Å². The van der Waals surface area contributed by atoms with Gasteiger partial charge in [0.1, 0.15) is 5.82 Å². The van der Waals surface area contributed by atoms with Gasteiger partial charge in [0, 0.05) is 12.7 Å². The maximum absolute atomic E-state index is 10.9. The number of carbonyl (C=O) groups is 1. The number of carboxylic acids is 1. The molecule has 1 unspecified atom stereocenters. The molecule has 2 rings (SSSR count). The first-order chi connectivity index (χ1) is 8.09. The molecule has 0 aromatic carbocycles. The quantitative estimate of drug-likeness (QED) is 0.724. The summed E-state index contributed by atoms with van der Waals surface area (Å²) in [6, 6.07) is 1.41. The summed E-state index contributed by atoms with van der Waals surface area (Å²) in [5.74, 6) is 0.816. The Morgan fingerprint density at radius 1 is 1.71 bits per heavy atom. The van der Waals surface area contributed by atoms with E-state index in [1.165, 1.54) is 25.1 Å². The topological polar surface area (TPSA) is 88.2 Å². The maximum atomic E-state index is 10.9. The molecule has 92 valence electrons. The summed E-state index contributed by atoms with van der Waals surface area (Å²) in [5.41, 5.74) is 6.07. The zero-order valence-electron chi connectivity index (χ0n) is 9.81. The number of nitrogens with zero attached hydrogens (tertiary/aromatic N) is 1.